The zero-order chi connectivity index (χ0) is 14.4. The van der Waals surface area contributed by atoms with Crippen molar-refractivity contribution < 1.29 is 33.3 Å². The standard InChI is InChI=1S/C12H11F3O4/c13-12(14,15)6-2-3-7(16)9(17)8(6)11(10(18)19)4-1-5-11/h2-3,16-17H,1,4-5H2,(H,18,19). The van der Waals surface area contributed by atoms with Crippen LogP contribution in [0, 0.1) is 0 Å². The van der Waals surface area contributed by atoms with E-state index in [4.69, 9.17) is 0 Å². The Labute approximate surface area is 106 Å². The maximum absolute atomic E-state index is 12.9. The number of aromatic hydroxyl groups is 2. The molecule has 0 aliphatic heterocycles. The summed E-state index contributed by atoms with van der Waals surface area (Å²) in [6.45, 7) is 0. The van der Waals surface area contributed by atoms with E-state index in [0.717, 1.165) is 0 Å². The number of aliphatic carboxylic acids is 1. The molecule has 0 heterocycles. The first-order valence-electron chi connectivity index (χ1n) is 5.56. The highest BCUT2D eigenvalue weighted by Crippen LogP contribution is 2.53. The number of rotatable bonds is 2. The zero-order valence-corrected chi connectivity index (χ0v) is 9.66. The molecule has 4 nitrogen and oxygen atoms in total. The minimum Gasteiger partial charge on any atom is -0.504 e. The smallest absolute Gasteiger partial charge is 0.416 e. The van der Waals surface area contributed by atoms with Crippen LogP contribution in [0.15, 0.2) is 12.1 Å². The molecule has 104 valence electrons. The fourth-order valence-corrected chi connectivity index (χ4v) is 2.40. The first kappa shape index (κ1) is 13.5. The molecule has 19 heavy (non-hydrogen) atoms. The molecule has 1 aliphatic rings. The second-order valence-corrected chi connectivity index (χ2v) is 4.59. The highest BCUT2D eigenvalue weighted by molar-refractivity contribution is 5.85. The van der Waals surface area contributed by atoms with Crippen molar-refractivity contribution in [3.05, 3.63) is 23.3 Å². The molecule has 1 aromatic rings. The van der Waals surface area contributed by atoms with Crippen LogP contribution in [0.5, 0.6) is 11.5 Å². The van der Waals surface area contributed by atoms with Gasteiger partial charge >= 0.3 is 12.1 Å². The second-order valence-electron chi connectivity index (χ2n) is 4.59. The summed E-state index contributed by atoms with van der Waals surface area (Å²) in [5.41, 5.74) is -3.73. The van der Waals surface area contributed by atoms with Crippen LogP contribution in [-0.4, -0.2) is 21.3 Å². The van der Waals surface area contributed by atoms with Crippen molar-refractivity contribution in [3.63, 3.8) is 0 Å². The summed E-state index contributed by atoms with van der Waals surface area (Å²) in [6, 6.07) is 1.29. The van der Waals surface area contributed by atoms with Crippen molar-refractivity contribution >= 4 is 5.97 Å². The van der Waals surface area contributed by atoms with Gasteiger partial charge in [0.05, 0.1) is 11.0 Å². The molecule has 0 aromatic heterocycles. The van der Waals surface area contributed by atoms with Crippen LogP contribution in [0.2, 0.25) is 0 Å². The van der Waals surface area contributed by atoms with Crippen LogP contribution in [-0.2, 0) is 16.4 Å². The lowest BCUT2D eigenvalue weighted by molar-refractivity contribution is -0.150. The minimum atomic E-state index is -4.79. The number of benzene rings is 1. The van der Waals surface area contributed by atoms with Gasteiger partial charge in [-0.3, -0.25) is 4.79 Å². The van der Waals surface area contributed by atoms with Crippen molar-refractivity contribution in [2.45, 2.75) is 30.9 Å². The van der Waals surface area contributed by atoms with Crippen molar-refractivity contribution in [2.24, 2.45) is 0 Å². The largest absolute Gasteiger partial charge is 0.504 e. The fraction of sp³-hybridized carbons (Fsp3) is 0.417. The van der Waals surface area contributed by atoms with E-state index >= 15 is 0 Å². The molecule has 0 bridgehead atoms. The number of hydrogen-bond donors (Lipinski definition) is 3. The van der Waals surface area contributed by atoms with Gasteiger partial charge in [0.2, 0.25) is 0 Å². The van der Waals surface area contributed by atoms with E-state index in [2.05, 4.69) is 0 Å². The summed E-state index contributed by atoms with van der Waals surface area (Å²) >= 11 is 0. The first-order valence-corrected chi connectivity index (χ1v) is 5.56. The topological polar surface area (TPSA) is 77.8 Å². The van der Waals surface area contributed by atoms with E-state index in [9.17, 15) is 33.3 Å². The van der Waals surface area contributed by atoms with Crippen LogP contribution >= 0.6 is 0 Å². The Bertz CT molecular complexity index is 533. The molecule has 0 amide bonds. The molecule has 2 rings (SSSR count). The first-order chi connectivity index (χ1) is 8.70. The Morgan fingerprint density at radius 1 is 1.21 bits per heavy atom. The van der Waals surface area contributed by atoms with E-state index in [1.54, 1.807) is 0 Å². The van der Waals surface area contributed by atoms with Gasteiger partial charge in [0.1, 0.15) is 0 Å². The molecule has 1 fully saturated rings. The van der Waals surface area contributed by atoms with Crippen molar-refractivity contribution in [1.29, 1.82) is 0 Å². The van der Waals surface area contributed by atoms with E-state index in [0.29, 0.717) is 18.6 Å². The normalized spacial score (nSPS) is 17.8. The number of carboxylic acid groups (broad SMARTS) is 1. The quantitative estimate of drug-likeness (QED) is 0.726. The maximum Gasteiger partial charge on any atom is 0.416 e. The van der Waals surface area contributed by atoms with Crippen LogP contribution in [0.3, 0.4) is 0 Å². The third kappa shape index (κ3) is 1.89. The van der Waals surface area contributed by atoms with Gasteiger partial charge in [-0.2, -0.15) is 13.2 Å². The Morgan fingerprint density at radius 2 is 1.79 bits per heavy atom. The highest BCUT2D eigenvalue weighted by Gasteiger charge is 2.52. The molecule has 0 radical (unpaired) electrons. The summed E-state index contributed by atoms with van der Waals surface area (Å²) in [5, 5.41) is 28.2. The molecule has 1 aromatic carbocycles. The van der Waals surface area contributed by atoms with Gasteiger partial charge in [-0.25, -0.2) is 0 Å². The summed E-state index contributed by atoms with van der Waals surface area (Å²) in [4.78, 5) is 11.3. The van der Waals surface area contributed by atoms with Gasteiger partial charge in [0.15, 0.2) is 11.5 Å². The molecular formula is C12H11F3O4. The van der Waals surface area contributed by atoms with Crippen molar-refractivity contribution in [3.8, 4) is 11.5 Å². The lowest BCUT2D eigenvalue weighted by atomic mass is 9.63. The van der Waals surface area contributed by atoms with Crippen LogP contribution in [0.25, 0.3) is 0 Å². The van der Waals surface area contributed by atoms with E-state index in [-0.39, 0.29) is 12.8 Å². The molecule has 1 saturated carbocycles. The number of phenolic OH excluding ortho intramolecular Hbond substituents is 2. The number of phenols is 2. The average Bonchev–Trinajstić information content (AvgIpc) is 2.20. The molecule has 0 spiro atoms. The van der Waals surface area contributed by atoms with Crippen molar-refractivity contribution in [2.75, 3.05) is 0 Å². The predicted octanol–water partition coefficient (Wildman–Crippen LogP) is 2.62. The van der Waals surface area contributed by atoms with Crippen molar-refractivity contribution in [1.82, 2.24) is 0 Å². The number of alkyl halides is 3. The molecular weight excluding hydrogens is 265 g/mol. The molecule has 0 saturated heterocycles. The molecule has 7 heteroatoms. The van der Waals surface area contributed by atoms with Gasteiger partial charge in [-0.05, 0) is 25.0 Å². The summed E-state index contributed by atoms with van der Waals surface area (Å²) in [6.07, 6.45) is -4.33. The van der Waals surface area contributed by atoms with Crippen LogP contribution in [0.1, 0.15) is 30.4 Å². The predicted molar refractivity (Wildman–Crippen MR) is 57.9 cm³/mol. The number of hydrogen-bond acceptors (Lipinski definition) is 3. The highest BCUT2D eigenvalue weighted by atomic mass is 19.4. The molecule has 3 N–H and O–H groups in total. The van der Waals surface area contributed by atoms with Gasteiger partial charge in [0.25, 0.3) is 0 Å². The maximum atomic E-state index is 12.9. The van der Waals surface area contributed by atoms with Gasteiger partial charge in [-0.15, -0.1) is 0 Å². The minimum absolute atomic E-state index is 0.00241. The third-order valence-corrected chi connectivity index (χ3v) is 3.56. The van der Waals surface area contributed by atoms with Crippen LogP contribution < -0.4 is 0 Å². The molecule has 0 unspecified atom stereocenters. The fourth-order valence-electron chi connectivity index (χ4n) is 2.40. The average molecular weight is 276 g/mol. The van der Waals surface area contributed by atoms with E-state index < -0.39 is 40.2 Å². The molecule has 1 aliphatic carbocycles. The Morgan fingerprint density at radius 3 is 2.16 bits per heavy atom. The lowest BCUT2D eigenvalue weighted by Gasteiger charge is -2.39. The van der Waals surface area contributed by atoms with Gasteiger partial charge < -0.3 is 15.3 Å². The summed E-state index contributed by atoms with van der Waals surface area (Å²) < 4.78 is 38.8. The van der Waals surface area contributed by atoms with Gasteiger partial charge in [-0.1, -0.05) is 6.42 Å². The monoisotopic (exact) mass is 276 g/mol. The summed E-state index contributed by atoms with van der Waals surface area (Å²) in [5.74, 6) is -3.18. The Hall–Kier alpha value is -1.92. The number of carboxylic acids is 1. The Balaban J connectivity index is 2.73. The molecule has 0 atom stereocenters. The van der Waals surface area contributed by atoms with E-state index in [1.807, 2.05) is 0 Å². The SMILES string of the molecule is O=C(O)C1(c2c(C(F)(F)F)ccc(O)c2O)CCC1. The summed E-state index contributed by atoms with van der Waals surface area (Å²) in [7, 11) is 0. The number of halogens is 3. The van der Waals surface area contributed by atoms with Crippen LogP contribution in [0.4, 0.5) is 13.2 Å². The van der Waals surface area contributed by atoms with E-state index in [1.165, 1.54) is 0 Å². The third-order valence-electron chi connectivity index (χ3n) is 3.56. The zero-order valence-electron chi connectivity index (χ0n) is 9.66. The van der Waals surface area contributed by atoms with Gasteiger partial charge in [0, 0.05) is 5.56 Å². The number of carbonyl (C=O) groups is 1. The lowest BCUT2D eigenvalue weighted by Crippen LogP contribution is -2.43. The second kappa shape index (κ2) is 4.04. The Kier molecular flexibility index (Phi) is 2.87.